The molecule has 0 saturated carbocycles. The number of aromatic nitrogens is 2. The molecule has 15 nitrogen and oxygen atoms in total. The van der Waals surface area contributed by atoms with Crippen LogP contribution in [-0.2, 0) is 35.2 Å². The van der Waals surface area contributed by atoms with E-state index < -0.39 is 58.7 Å². The van der Waals surface area contributed by atoms with E-state index in [2.05, 4.69) is 5.10 Å². The van der Waals surface area contributed by atoms with Crippen LogP contribution in [0, 0.1) is 12.1 Å². The molecule has 19 heteroatoms. The highest BCUT2D eigenvalue weighted by molar-refractivity contribution is 7.90. The summed E-state index contributed by atoms with van der Waals surface area (Å²) in [6, 6.07) is 11.8. The number of halogens is 3. The Hall–Kier alpha value is -4.27. The predicted octanol–water partition coefficient (Wildman–Crippen LogP) is 5.44. The molecule has 1 atom stereocenters. The summed E-state index contributed by atoms with van der Waals surface area (Å²) >= 11 is 0. The lowest BCUT2D eigenvalue weighted by atomic mass is 10.1. The number of hydrogen-bond acceptors (Lipinski definition) is 13. The van der Waals surface area contributed by atoms with Crippen LogP contribution in [-0.4, -0.2) is 71.8 Å². The molecular weight excluding hydrogens is 677 g/mol. The van der Waals surface area contributed by atoms with Crippen molar-refractivity contribution in [2.75, 3.05) is 13.2 Å². The summed E-state index contributed by atoms with van der Waals surface area (Å²) in [7, 11) is -4.47. The van der Waals surface area contributed by atoms with Crippen LogP contribution in [0.1, 0.15) is 52.8 Å². The molecule has 3 aromatic rings. The zero-order valence-corrected chi connectivity index (χ0v) is 28.6. The van der Waals surface area contributed by atoms with Gasteiger partial charge in [0.15, 0.2) is 5.69 Å². The number of rotatable bonds is 13. The molecule has 0 saturated heterocycles. The van der Waals surface area contributed by atoms with Crippen molar-refractivity contribution in [2.24, 2.45) is 0 Å². The van der Waals surface area contributed by atoms with E-state index in [1.165, 1.54) is 19.1 Å². The molecule has 2 N–H and O–H groups in total. The standard InChI is InChI=1S/C30H38F3N6O9S/c1-19(2)37(39(42)36-48-21(4)46-28(41)47-29(5,6)7)16-17-45-27(40)35-49(43,44)24-14-12-23(13-15-24)38-25(18-26(34-38)30(31,32)33)22-10-8-20(3)9-11-22/h8-15,18-19,21,36H,16-17H2,1-7H3,(H,35,40)/q-1. The number of nitrogens with one attached hydrogen (secondary N) is 2. The fraction of sp³-hybridized carbons (Fsp3) is 0.433. The van der Waals surface area contributed by atoms with Crippen molar-refractivity contribution in [3.63, 3.8) is 0 Å². The van der Waals surface area contributed by atoms with Crippen LogP contribution >= 0.6 is 0 Å². The summed E-state index contributed by atoms with van der Waals surface area (Å²) in [6.07, 6.45) is -8.32. The minimum absolute atomic E-state index is 0.127. The third kappa shape index (κ3) is 11.7. The molecule has 1 aromatic heterocycles. The van der Waals surface area contributed by atoms with Crippen molar-refractivity contribution < 1.29 is 50.2 Å². The van der Waals surface area contributed by atoms with Gasteiger partial charge in [0.25, 0.3) is 10.0 Å². The highest BCUT2D eigenvalue weighted by Crippen LogP contribution is 2.33. The van der Waals surface area contributed by atoms with Gasteiger partial charge in [-0.3, -0.25) is 0 Å². The molecule has 0 aliphatic heterocycles. The van der Waals surface area contributed by atoms with Crippen molar-refractivity contribution in [3.05, 3.63) is 71.1 Å². The van der Waals surface area contributed by atoms with Crippen molar-refractivity contribution in [1.29, 1.82) is 0 Å². The van der Waals surface area contributed by atoms with Gasteiger partial charge in [0.2, 0.25) is 6.29 Å². The Kier molecular flexibility index (Phi) is 12.8. The molecule has 0 aliphatic carbocycles. The second-order valence-electron chi connectivity index (χ2n) is 11.8. The van der Waals surface area contributed by atoms with E-state index in [1.807, 2.05) is 12.5 Å². The maximum atomic E-state index is 13.5. The number of aryl methyl sites for hydroxylation is 1. The molecule has 0 fully saturated rings. The summed E-state index contributed by atoms with van der Waals surface area (Å²) in [6.45, 7) is 10.7. The fourth-order valence-corrected chi connectivity index (χ4v) is 4.90. The molecule has 0 bridgehead atoms. The van der Waals surface area contributed by atoms with E-state index in [0.29, 0.717) is 5.56 Å². The molecule has 1 unspecified atom stereocenters. The number of amides is 1. The maximum absolute atomic E-state index is 13.5. The summed E-state index contributed by atoms with van der Waals surface area (Å²) < 4.78 is 83.8. The van der Waals surface area contributed by atoms with Gasteiger partial charge in [-0.05, 0) is 71.9 Å². The number of carbonyl (C=O) groups is 2. The normalized spacial score (nSPS) is 13.1. The lowest BCUT2D eigenvalue weighted by Gasteiger charge is -2.41. The lowest BCUT2D eigenvalue weighted by Crippen LogP contribution is -2.52. The van der Waals surface area contributed by atoms with Gasteiger partial charge in [-0.1, -0.05) is 29.8 Å². The first kappa shape index (κ1) is 39.2. The number of sulfonamides is 1. The highest BCUT2D eigenvalue weighted by atomic mass is 32.2. The van der Waals surface area contributed by atoms with Crippen LogP contribution in [0.2, 0.25) is 0 Å². The SMILES string of the molecule is Cc1ccc(-c2cc(C(F)(F)F)nn2-c2ccc(S(=O)(=O)NC(=O)OCCN(C(C)C)N([O-])NOC(C)OC(=O)OC(C)(C)C)cc2)cc1. The third-order valence-electron chi connectivity index (χ3n) is 6.29. The fourth-order valence-electron chi connectivity index (χ4n) is 4.01. The van der Waals surface area contributed by atoms with Crippen LogP contribution in [0.25, 0.3) is 16.9 Å². The van der Waals surface area contributed by atoms with E-state index in [9.17, 15) is 36.4 Å². The van der Waals surface area contributed by atoms with Crippen LogP contribution in [0.3, 0.4) is 0 Å². The topological polar surface area (TPSA) is 177 Å². The average Bonchev–Trinajstić information content (AvgIpc) is 3.43. The Morgan fingerprint density at radius 2 is 1.63 bits per heavy atom. The second-order valence-corrected chi connectivity index (χ2v) is 13.5. The van der Waals surface area contributed by atoms with Crippen LogP contribution < -0.4 is 10.3 Å². The predicted molar refractivity (Wildman–Crippen MR) is 168 cm³/mol. The first-order valence-electron chi connectivity index (χ1n) is 14.8. The quantitative estimate of drug-likeness (QED) is 0.130. The largest absolute Gasteiger partial charge is 0.756 e. The molecule has 0 aliphatic rings. The Balaban J connectivity index is 1.60. The number of hydrogen-bond donors (Lipinski definition) is 2. The zero-order valence-electron chi connectivity index (χ0n) is 27.8. The molecule has 0 spiro atoms. The minimum atomic E-state index is -4.72. The monoisotopic (exact) mass is 715 g/mol. The van der Waals surface area contributed by atoms with Crippen LogP contribution in [0.4, 0.5) is 22.8 Å². The van der Waals surface area contributed by atoms with Crippen molar-refractivity contribution in [1.82, 2.24) is 30.4 Å². The lowest BCUT2D eigenvalue weighted by molar-refractivity contribution is -0.240. The molecule has 2 aromatic carbocycles. The smallest absolute Gasteiger partial charge is 0.511 e. The van der Waals surface area contributed by atoms with E-state index in [4.69, 9.17) is 19.0 Å². The van der Waals surface area contributed by atoms with E-state index in [0.717, 1.165) is 33.5 Å². The van der Waals surface area contributed by atoms with Gasteiger partial charge < -0.3 is 19.4 Å². The van der Waals surface area contributed by atoms with Crippen LogP contribution in [0.5, 0.6) is 0 Å². The molecular formula is C30H38F3N6O9S-. The van der Waals surface area contributed by atoms with Crippen molar-refractivity contribution >= 4 is 22.3 Å². The summed E-state index contributed by atoms with van der Waals surface area (Å²) in [5, 5.41) is 17.5. The van der Waals surface area contributed by atoms with Gasteiger partial charge in [-0.25, -0.2) is 42.5 Å². The van der Waals surface area contributed by atoms with Gasteiger partial charge in [-0.15, -0.1) is 5.59 Å². The van der Waals surface area contributed by atoms with Crippen molar-refractivity contribution in [3.8, 4) is 16.9 Å². The molecule has 0 radical (unpaired) electrons. The van der Waals surface area contributed by atoms with Gasteiger partial charge in [0, 0.05) is 25.1 Å². The van der Waals surface area contributed by atoms with E-state index in [1.54, 1.807) is 63.6 Å². The third-order valence-corrected chi connectivity index (χ3v) is 7.62. The number of ether oxygens (including phenoxy) is 3. The number of nitrogens with zero attached hydrogens (tertiary/aromatic N) is 4. The number of benzene rings is 2. The van der Waals surface area contributed by atoms with Gasteiger partial charge in [0.1, 0.15) is 12.2 Å². The second kappa shape index (κ2) is 16.0. The first-order valence-corrected chi connectivity index (χ1v) is 16.2. The van der Waals surface area contributed by atoms with Crippen LogP contribution in [0.15, 0.2) is 59.5 Å². The first-order chi connectivity index (χ1) is 22.7. The Morgan fingerprint density at radius 1 is 1.02 bits per heavy atom. The Bertz CT molecular complexity index is 1680. The van der Waals surface area contributed by atoms with E-state index >= 15 is 0 Å². The summed E-state index contributed by atoms with van der Waals surface area (Å²) in [4.78, 5) is 28.7. The molecule has 3 rings (SSSR count). The molecule has 270 valence electrons. The molecule has 1 heterocycles. The highest BCUT2D eigenvalue weighted by Gasteiger charge is 2.35. The Morgan fingerprint density at radius 3 is 2.18 bits per heavy atom. The Labute approximate surface area is 281 Å². The summed E-state index contributed by atoms with van der Waals surface area (Å²) in [5.74, 6) is 0. The minimum Gasteiger partial charge on any atom is -0.756 e. The maximum Gasteiger partial charge on any atom is 0.511 e. The number of hydrazine groups is 2. The van der Waals surface area contributed by atoms with Gasteiger partial charge >= 0.3 is 18.4 Å². The molecule has 49 heavy (non-hydrogen) atoms. The number of alkyl halides is 3. The van der Waals surface area contributed by atoms with Crippen molar-refractivity contribution in [2.45, 2.75) is 77.5 Å². The average molecular weight is 716 g/mol. The number of carbonyl (C=O) groups excluding carboxylic acids is 2. The van der Waals surface area contributed by atoms with E-state index in [-0.39, 0.29) is 28.1 Å². The molecule has 1 amide bonds. The zero-order chi connectivity index (χ0) is 36.7. The van der Waals surface area contributed by atoms with Gasteiger partial charge in [0.05, 0.1) is 16.3 Å². The summed E-state index contributed by atoms with van der Waals surface area (Å²) in [5.41, 5.74) is 1.70. The van der Waals surface area contributed by atoms with Gasteiger partial charge in [-0.2, -0.15) is 18.3 Å².